The van der Waals surface area contributed by atoms with Crippen LogP contribution in [0.5, 0.6) is 0 Å². The predicted molar refractivity (Wildman–Crippen MR) is 112 cm³/mol. The minimum Gasteiger partial charge on any atom is -0.386 e. The van der Waals surface area contributed by atoms with Crippen molar-refractivity contribution in [3.8, 4) is 0 Å². The van der Waals surface area contributed by atoms with Crippen molar-refractivity contribution < 1.29 is 9.84 Å². The third-order valence-electron chi connectivity index (χ3n) is 5.10. The predicted octanol–water partition coefficient (Wildman–Crippen LogP) is 2.72. The van der Waals surface area contributed by atoms with Crippen molar-refractivity contribution in [3.63, 3.8) is 0 Å². The van der Waals surface area contributed by atoms with Crippen LogP contribution in [-0.2, 0) is 4.74 Å². The Morgan fingerprint density at radius 3 is 2.96 bits per heavy atom. The Morgan fingerprint density at radius 1 is 1.44 bits per heavy atom. The molecule has 1 aromatic rings. The van der Waals surface area contributed by atoms with Crippen LogP contribution in [0.1, 0.15) is 37.0 Å². The van der Waals surface area contributed by atoms with E-state index in [0.717, 1.165) is 62.8 Å². The number of nitrogens with zero attached hydrogens (tertiary/aromatic N) is 2. The largest absolute Gasteiger partial charge is 0.386 e. The number of guanidine groups is 1. The van der Waals surface area contributed by atoms with Gasteiger partial charge >= 0.3 is 0 Å². The molecule has 1 spiro atoms. The maximum Gasteiger partial charge on any atom is 0.194 e. The Labute approximate surface area is 167 Å². The normalized spacial score (nSPS) is 24.4. The molecule has 2 fully saturated rings. The quantitative estimate of drug-likeness (QED) is 0.413. The number of aliphatic hydroxyl groups is 1. The number of aliphatic hydroxyl groups excluding tert-OH is 1. The molecule has 6 heteroatoms. The number of hydrogen-bond donors (Lipinski definition) is 2. The second kappa shape index (κ2) is 9.19. The fourth-order valence-corrected chi connectivity index (χ4v) is 3.67. The first-order valence-electron chi connectivity index (χ1n) is 8.97. The molecular formula is C19H30IN3O2. The van der Waals surface area contributed by atoms with Crippen LogP contribution in [0, 0.1) is 12.3 Å². The fourth-order valence-electron chi connectivity index (χ4n) is 3.67. The molecule has 0 aromatic heterocycles. The van der Waals surface area contributed by atoms with Gasteiger partial charge in [-0.2, -0.15) is 0 Å². The topological polar surface area (TPSA) is 57.1 Å². The second-order valence-electron chi connectivity index (χ2n) is 7.10. The van der Waals surface area contributed by atoms with Gasteiger partial charge in [-0.05, 0) is 32.3 Å². The third kappa shape index (κ3) is 5.08. The molecular weight excluding hydrogens is 429 g/mol. The second-order valence-corrected chi connectivity index (χ2v) is 7.10. The Hall–Kier alpha value is -0.860. The van der Waals surface area contributed by atoms with Crippen molar-refractivity contribution in [1.82, 2.24) is 10.2 Å². The molecule has 2 heterocycles. The van der Waals surface area contributed by atoms with Gasteiger partial charge < -0.3 is 20.1 Å². The van der Waals surface area contributed by atoms with Crippen molar-refractivity contribution in [2.75, 3.05) is 39.4 Å². The average molecular weight is 459 g/mol. The van der Waals surface area contributed by atoms with Crippen LogP contribution in [0.3, 0.4) is 0 Å². The molecule has 3 rings (SSSR count). The number of rotatable bonds is 4. The van der Waals surface area contributed by atoms with Gasteiger partial charge in [-0.15, -0.1) is 24.0 Å². The third-order valence-corrected chi connectivity index (χ3v) is 5.10. The average Bonchev–Trinajstić information content (AvgIpc) is 3.21. The molecule has 0 bridgehead atoms. The summed E-state index contributed by atoms with van der Waals surface area (Å²) >= 11 is 0. The van der Waals surface area contributed by atoms with Crippen molar-refractivity contribution in [3.05, 3.63) is 35.4 Å². The molecule has 0 amide bonds. The SMILES string of the molecule is CCNC(=NCC(O)c1cccc(C)c1)N1CCC2(CCOC2)C1.I. The summed E-state index contributed by atoms with van der Waals surface area (Å²) < 4.78 is 5.61. The lowest BCUT2D eigenvalue weighted by Gasteiger charge is -2.25. The first kappa shape index (κ1) is 20.5. The van der Waals surface area contributed by atoms with E-state index in [4.69, 9.17) is 9.73 Å². The lowest BCUT2D eigenvalue weighted by molar-refractivity contribution is 0.156. The van der Waals surface area contributed by atoms with Gasteiger partial charge in [-0.25, -0.2) is 0 Å². The van der Waals surface area contributed by atoms with Crippen LogP contribution >= 0.6 is 24.0 Å². The van der Waals surface area contributed by atoms with Gasteiger partial charge in [0.1, 0.15) is 0 Å². The van der Waals surface area contributed by atoms with E-state index in [2.05, 4.69) is 17.1 Å². The van der Waals surface area contributed by atoms with E-state index in [9.17, 15) is 5.11 Å². The van der Waals surface area contributed by atoms with E-state index in [-0.39, 0.29) is 24.0 Å². The number of benzene rings is 1. The van der Waals surface area contributed by atoms with Crippen molar-refractivity contribution in [2.45, 2.75) is 32.8 Å². The monoisotopic (exact) mass is 459 g/mol. The zero-order chi connectivity index (χ0) is 17.0. The maximum absolute atomic E-state index is 10.4. The van der Waals surface area contributed by atoms with Gasteiger partial charge in [0.25, 0.3) is 0 Å². The van der Waals surface area contributed by atoms with Crippen LogP contribution < -0.4 is 5.32 Å². The van der Waals surface area contributed by atoms with Crippen LogP contribution in [0.15, 0.2) is 29.3 Å². The summed E-state index contributed by atoms with van der Waals surface area (Å²) in [6.07, 6.45) is 1.75. The van der Waals surface area contributed by atoms with E-state index < -0.39 is 6.10 Å². The maximum atomic E-state index is 10.4. The molecule has 25 heavy (non-hydrogen) atoms. The molecule has 2 N–H and O–H groups in total. The minimum atomic E-state index is -0.565. The number of hydrogen-bond acceptors (Lipinski definition) is 3. The number of aliphatic imine (C=N–C) groups is 1. The van der Waals surface area contributed by atoms with Crippen LogP contribution in [0.4, 0.5) is 0 Å². The first-order chi connectivity index (χ1) is 11.6. The standard InChI is InChI=1S/C19H29N3O2.HI/c1-3-20-18(22-9-7-19(13-22)8-10-24-14-19)21-12-17(23)16-6-4-5-15(2)11-16;/h4-6,11,17,23H,3,7-10,12-14H2,1-2H3,(H,20,21);1H. The van der Waals surface area contributed by atoms with Crippen LogP contribution in [-0.4, -0.2) is 55.4 Å². The highest BCUT2D eigenvalue weighted by molar-refractivity contribution is 14.0. The summed E-state index contributed by atoms with van der Waals surface area (Å²) in [5, 5.41) is 13.8. The number of ether oxygens (including phenoxy) is 1. The molecule has 0 aliphatic carbocycles. The van der Waals surface area contributed by atoms with Crippen LogP contribution in [0.25, 0.3) is 0 Å². The number of likely N-dealkylation sites (tertiary alicyclic amines) is 1. The molecule has 0 radical (unpaired) electrons. The van der Waals surface area contributed by atoms with Crippen molar-refractivity contribution in [1.29, 1.82) is 0 Å². The van der Waals surface area contributed by atoms with E-state index in [0.29, 0.717) is 12.0 Å². The summed E-state index contributed by atoms with van der Waals surface area (Å²) in [6.45, 7) is 9.09. The molecule has 0 saturated carbocycles. The first-order valence-corrected chi connectivity index (χ1v) is 8.97. The summed E-state index contributed by atoms with van der Waals surface area (Å²) in [4.78, 5) is 7.02. The summed E-state index contributed by atoms with van der Waals surface area (Å²) in [5.74, 6) is 0.910. The van der Waals surface area contributed by atoms with Gasteiger partial charge in [-0.1, -0.05) is 29.8 Å². The highest BCUT2D eigenvalue weighted by Crippen LogP contribution is 2.38. The highest BCUT2D eigenvalue weighted by Gasteiger charge is 2.42. The fraction of sp³-hybridized carbons (Fsp3) is 0.632. The summed E-state index contributed by atoms with van der Waals surface area (Å²) in [5.41, 5.74) is 2.40. The van der Waals surface area contributed by atoms with Crippen LogP contribution in [0.2, 0.25) is 0 Å². The Morgan fingerprint density at radius 2 is 2.28 bits per heavy atom. The zero-order valence-electron chi connectivity index (χ0n) is 15.2. The Bertz CT molecular complexity index is 588. The lowest BCUT2D eigenvalue weighted by atomic mass is 9.87. The smallest absolute Gasteiger partial charge is 0.194 e. The minimum absolute atomic E-state index is 0. The molecule has 1 aromatic carbocycles. The molecule has 2 saturated heterocycles. The Balaban J connectivity index is 0.00000225. The molecule has 5 nitrogen and oxygen atoms in total. The highest BCUT2D eigenvalue weighted by atomic mass is 127. The number of halogens is 1. The van der Waals surface area contributed by atoms with E-state index >= 15 is 0 Å². The molecule has 2 atom stereocenters. The van der Waals surface area contributed by atoms with E-state index in [1.54, 1.807) is 0 Å². The van der Waals surface area contributed by atoms with Gasteiger partial charge in [0.05, 0.1) is 19.3 Å². The van der Waals surface area contributed by atoms with Crippen molar-refractivity contribution in [2.24, 2.45) is 10.4 Å². The lowest BCUT2D eigenvalue weighted by Crippen LogP contribution is -2.41. The molecule has 2 aliphatic heterocycles. The zero-order valence-corrected chi connectivity index (χ0v) is 17.5. The number of aryl methyl sites for hydroxylation is 1. The Kier molecular flexibility index (Phi) is 7.51. The van der Waals surface area contributed by atoms with Gasteiger partial charge in [0.2, 0.25) is 0 Å². The van der Waals surface area contributed by atoms with Gasteiger partial charge in [-0.3, -0.25) is 4.99 Å². The number of nitrogens with one attached hydrogen (secondary N) is 1. The van der Waals surface area contributed by atoms with Gasteiger partial charge in [0.15, 0.2) is 5.96 Å². The molecule has 140 valence electrons. The van der Waals surface area contributed by atoms with E-state index in [1.165, 1.54) is 0 Å². The van der Waals surface area contributed by atoms with Gasteiger partial charge in [0, 0.05) is 31.7 Å². The summed E-state index contributed by atoms with van der Waals surface area (Å²) in [6, 6.07) is 8.00. The summed E-state index contributed by atoms with van der Waals surface area (Å²) in [7, 11) is 0. The molecule has 2 unspecified atom stereocenters. The van der Waals surface area contributed by atoms with Crippen molar-refractivity contribution >= 4 is 29.9 Å². The molecule has 2 aliphatic rings. The van der Waals surface area contributed by atoms with E-state index in [1.807, 2.05) is 31.2 Å².